The zero-order valence-corrected chi connectivity index (χ0v) is 8.66. The first-order valence-corrected chi connectivity index (χ1v) is 5.12. The summed E-state index contributed by atoms with van der Waals surface area (Å²) in [7, 11) is 1.72. The molecule has 1 saturated heterocycles. The lowest BCUT2D eigenvalue weighted by Crippen LogP contribution is -2.37. The van der Waals surface area contributed by atoms with Crippen LogP contribution in [0, 0.1) is 5.92 Å². The van der Waals surface area contributed by atoms with Gasteiger partial charge in [0.05, 0.1) is 6.10 Å². The first-order valence-electron chi connectivity index (χ1n) is 5.12. The third-order valence-corrected chi connectivity index (χ3v) is 2.75. The van der Waals surface area contributed by atoms with E-state index in [1.165, 1.54) is 0 Å². The quantitative estimate of drug-likeness (QED) is 0.657. The summed E-state index contributed by atoms with van der Waals surface area (Å²) in [5.41, 5.74) is 6.03. The zero-order valence-electron chi connectivity index (χ0n) is 8.66. The summed E-state index contributed by atoms with van der Waals surface area (Å²) in [4.78, 5) is 0. The van der Waals surface area contributed by atoms with Gasteiger partial charge in [0.2, 0.25) is 0 Å². The Balaban J connectivity index is 2.18. The van der Waals surface area contributed by atoms with Crippen molar-refractivity contribution in [2.45, 2.75) is 38.3 Å². The van der Waals surface area contributed by atoms with E-state index < -0.39 is 0 Å². The van der Waals surface area contributed by atoms with Gasteiger partial charge in [0.15, 0.2) is 0 Å². The molecule has 3 atom stereocenters. The van der Waals surface area contributed by atoms with E-state index in [1.807, 2.05) is 0 Å². The van der Waals surface area contributed by atoms with Crippen LogP contribution >= 0.6 is 0 Å². The van der Waals surface area contributed by atoms with E-state index in [2.05, 4.69) is 6.92 Å². The van der Waals surface area contributed by atoms with E-state index >= 15 is 0 Å². The summed E-state index contributed by atoms with van der Waals surface area (Å²) in [5, 5.41) is 0. The van der Waals surface area contributed by atoms with Gasteiger partial charge in [0.25, 0.3) is 0 Å². The molecule has 0 bridgehead atoms. The summed E-state index contributed by atoms with van der Waals surface area (Å²) in [6.45, 7) is 3.90. The van der Waals surface area contributed by atoms with Gasteiger partial charge in [-0.15, -0.1) is 0 Å². The van der Waals surface area contributed by atoms with Gasteiger partial charge in [-0.3, -0.25) is 0 Å². The molecule has 1 heterocycles. The van der Waals surface area contributed by atoms with Crippen LogP contribution in [0.5, 0.6) is 0 Å². The van der Waals surface area contributed by atoms with E-state index in [0.717, 1.165) is 32.5 Å². The summed E-state index contributed by atoms with van der Waals surface area (Å²) in [6, 6.07) is 0.188. The van der Waals surface area contributed by atoms with Crippen molar-refractivity contribution in [2.75, 3.05) is 20.3 Å². The molecule has 3 heteroatoms. The minimum absolute atomic E-state index is 0.188. The molecule has 3 unspecified atom stereocenters. The average molecular weight is 187 g/mol. The van der Waals surface area contributed by atoms with Crippen molar-refractivity contribution in [2.24, 2.45) is 11.7 Å². The molecule has 0 radical (unpaired) electrons. The lowest BCUT2D eigenvalue weighted by Gasteiger charge is -2.22. The van der Waals surface area contributed by atoms with Crippen LogP contribution in [0.3, 0.4) is 0 Å². The van der Waals surface area contributed by atoms with Crippen LogP contribution in [0.4, 0.5) is 0 Å². The fraction of sp³-hybridized carbons (Fsp3) is 1.00. The van der Waals surface area contributed by atoms with Crippen molar-refractivity contribution < 1.29 is 9.47 Å². The largest absolute Gasteiger partial charge is 0.385 e. The number of nitrogens with two attached hydrogens (primary N) is 1. The molecule has 1 fully saturated rings. The SMILES string of the molecule is COCCCC(N)C1OCCC1C. The van der Waals surface area contributed by atoms with Gasteiger partial charge in [-0.05, 0) is 25.2 Å². The highest BCUT2D eigenvalue weighted by Gasteiger charge is 2.29. The molecule has 1 aliphatic rings. The Morgan fingerprint density at radius 2 is 2.38 bits per heavy atom. The van der Waals surface area contributed by atoms with E-state index in [4.69, 9.17) is 15.2 Å². The van der Waals surface area contributed by atoms with Crippen LogP contribution < -0.4 is 5.73 Å². The van der Waals surface area contributed by atoms with Crippen LogP contribution in [-0.2, 0) is 9.47 Å². The van der Waals surface area contributed by atoms with Crippen molar-refractivity contribution >= 4 is 0 Å². The summed E-state index contributed by atoms with van der Waals surface area (Å²) in [6.07, 6.45) is 3.47. The fourth-order valence-corrected chi connectivity index (χ4v) is 1.89. The van der Waals surface area contributed by atoms with Crippen molar-refractivity contribution in [1.82, 2.24) is 0 Å². The Labute approximate surface area is 80.6 Å². The Hall–Kier alpha value is -0.120. The van der Waals surface area contributed by atoms with Crippen LogP contribution in [0.25, 0.3) is 0 Å². The Kier molecular flexibility index (Phi) is 4.70. The first kappa shape index (κ1) is 11.0. The van der Waals surface area contributed by atoms with Gasteiger partial charge in [-0.25, -0.2) is 0 Å². The maximum atomic E-state index is 6.03. The molecule has 0 aliphatic carbocycles. The summed E-state index contributed by atoms with van der Waals surface area (Å²) < 4.78 is 10.6. The molecule has 2 N–H and O–H groups in total. The first-order chi connectivity index (χ1) is 6.25. The van der Waals surface area contributed by atoms with Gasteiger partial charge in [-0.1, -0.05) is 6.92 Å². The minimum atomic E-state index is 0.188. The van der Waals surface area contributed by atoms with E-state index in [0.29, 0.717) is 5.92 Å². The molecule has 1 rings (SSSR count). The molecule has 0 aromatic carbocycles. The van der Waals surface area contributed by atoms with E-state index in [9.17, 15) is 0 Å². The molecule has 0 saturated carbocycles. The van der Waals surface area contributed by atoms with Crippen LogP contribution in [0.1, 0.15) is 26.2 Å². The molecule has 13 heavy (non-hydrogen) atoms. The second kappa shape index (κ2) is 5.58. The van der Waals surface area contributed by atoms with Crippen molar-refractivity contribution in [3.05, 3.63) is 0 Å². The molecule has 78 valence electrons. The predicted molar refractivity (Wildman–Crippen MR) is 52.6 cm³/mol. The lowest BCUT2D eigenvalue weighted by molar-refractivity contribution is 0.0668. The third-order valence-electron chi connectivity index (χ3n) is 2.75. The number of rotatable bonds is 5. The lowest BCUT2D eigenvalue weighted by atomic mass is 9.95. The number of hydrogen-bond donors (Lipinski definition) is 1. The smallest absolute Gasteiger partial charge is 0.0752 e. The molecule has 0 aromatic rings. The summed E-state index contributed by atoms with van der Waals surface area (Å²) in [5.74, 6) is 0.623. The van der Waals surface area contributed by atoms with Gasteiger partial charge in [0.1, 0.15) is 0 Å². The monoisotopic (exact) mass is 187 g/mol. The molecule has 0 aromatic heterocycles. The maximum absolute atomic E-state index is 6.03. The van der Waals surface area contributed by atoms with Gasteiger partial charge < -0.3 is 15.2 Å². The normalized spacial score (nSPS) is 30.7. The standard InChI is InChI=1S/C10H21NO2/c1-8-5-7-13-10(8)9(11)4-3-6-12-2/h8-10H,3-7,11H2,1-2H3. The molecule has 3 nitrogen and oxygen atoms in total. The topological polar surface area (TPSA) is 44.5 Å². The summed E-state index contributed by atoms with van der Waals surface area (Å²) >= 11 is 0. The Morgan fingerprint density at radius 1 is 1.62 bits per heavy atom. The molecule has 0 amide bonds. The van der Waals surface area contributed by atoms with E-state index in [1.54, 1.807) is 7.11 Å². The highest BCUT2D eigenvalue weighted by molar-refractivity contribution is 4.82. The number of hydrogen-bond acceptors (Lipinski definition) is 3. The van der Waals surface area contributed by atoms with Crippen LogP contribution in [0.2, 0.25) is 0 Å². The predicted octanol–water partition coefficient (Wildman–Crippen LogP) is 1.17. The zero-order chi connectivity index (χ0) is 9.68. The second-order valence-corrected chi connectivity index (χ2v) is 3.90. The Morgan fingerprint density at radius 3 is 2.92 bits per heavy atom. The number of methoxy groups -OCH3 is 1. The molecule has 1 aliphatic heterocycles. The van der Waals surface area contributed by atoms with Crippen molar-refractivity contribution in [1.29, 1.82) is 0 Å². The third kappa shape index (κ3) is 3.25. The molecular formula is C10H21NO2. The second-order valence-electron chi connectivity index (χ2n) is 3.90. The molecule has 0 spiro atoms. The van der Waals surface area contributed by atoms with Crippen molar-refractivity contribution in [3.63, 3.8) is 0 Å². The van der Waals surface area contributed by atoms with Gasteiger partial charge in [0, 0.05) is 26.4 Å². The van der Waals surface area contributed by atoms with Crippen LogP contribution in [-0.4, -0.2) is 32.5 Å². The maximum Gasteiger partial charge on any atom is 0.0752 e. The highest BCUT2D eigenvalue weighted by atomic mass is 16.5. The Bertz CT molecular complexity index is 141. The fourth-order valence-electron chi connectivity index (χ4n) is 1.89. The number of ether oxygens (including phenoxy) is 2. The van der Waals surface area contributed by atoms with E-state index in [-0.39, 0.29) is 12.1 Å². The highest BCUT2D eigenvalue weighted by Crippen LogP contribution is 2.23. The van der Waals surface area contributed by atoms with Crippen molar-refractivity contribution in [3.8, 4) is 0 Å². The average Bonchev–Trinajstić information content (AvgIpc) is 2.52. The van der Waals surface area contributed by atoms with Gasteiger partial charge >= 0.3 is 0 Å². The van der Waals surface area contributed by atoms with Gasteiger partial charge in [-0.2, -0.15) is 0 Å². The molecular weight excluding hydrogens is 166 g/mol. The minimum Gasteiger partial charge on any atom is -0.385 e. The van der Waals surface area contributed by atoms with Crippen LogP contribution in [0.15, 0.2) is 0 Å².